The van der Waals surface area contributed by atoms with Gasteiger partial charge in [-0.05, 0) is 25.3 Å². The van der Waals surface area contributed by atoms with Gasteiger partial charge in [0, 0.05) is 18.7 Å². The molecule has 0 aliphatic carbocycles. The maximum absolute atomic E-state index is 11.9. The second-order valence-corrected chi connectivity index (χ2v) is 7.60. The van der Waals surface area contributed by atoms with Crippen LogP contribution in [0.2, 0.25) is 0 Å². The van der Waals surface area contributed by atoms with Crippen LogP contribution in [-0.2, 0) is 5.72 Å². The molecule has 24 heavy (non-hydrogen) atoms. The number of thioether (sulfide) groups is 1. The van der Waals surface area contributed by atoms with Crippen LogP contribution >= 0.6 is 11.8 Å². The number of amidine groups is 1. The number of aryl methyl sites for hydroxylation is 1. The van der Waals surface area contributed by atoms with E-state index in [2.05, 4.69) is 48.2 Å². The lowest BCUT2D eigenvalue weighted by Gasteiger charge is -2.38. The second-order valence-electron chi connectivity index (χ2n) is 6.52. The predicted molar refractivity (Wildman–Crippen MR) is 100 cm³/mol. The summed E-state index contributed by atoms with van der Waals surface area (Å²) in [5.41, 5.74) is 2.24. The predicted octanol–water partition coefficient (Wildman–Crippen LogP) is 4.08. The van der Waals surface area contributed by atoms with Crippen LogP contribution in [0.5, 0.6) is 0 Å². The lowest BCUT2D eigenvalue weighted by Crippen LogP contribution is -2.46. The number of aliphatic hydroxyl groups is 1. The van der Waals surface area contributed by atoms with E-state index in [0.717, 1.165) is 42.2 Å². The van der Waals surface area contributed by atoms with Crippen LogP contribution in [0, 0.1) is 6.92 Å². The van der Waals surface area contributed by atoms with E-state index in [4.69, 9.17) is 4.99 Å². The van der Waals surface area contributed by atoms with Crippen molar-refractivity contribution in [1.29, 1.82) is 0 Å². The van der Waals surface area contributed by atoms with Gasteiger partial charge in [-0.2, -0.15) is 0 Å². The summed E-state index contributed by atoms with van der Waals surface area (Å²) in [7, 11) is 0. The Hall–Kier alpha value is -1.78. The fourth-order valence-electron chi connectivity index (χ4n) is 3.52. The highest BCUT2D eigenvalue weighted by Gasteiger charge is 2.53. The van der Waals surface area contributed by atoms with Crippen molar-refractivity contribution >= 4 is 16.9 Å². The van der Waals surface area contributed by atoms with E-state index >= 15 is 0 Å². The highest BCUT2D eigenvalue weighted by Crippen LogP contribution is 2.54. The molecule has 2 aromatic rings. The molecule has 0 radical (unpaired) electrons. The van der Waals surface area contributed by atoms with E-state index in [0.29, 0.717) is 0 Å². The zero-order valence-electron chi connectivity index (χ0n) is 13.9. The maximum Gasteiger partial charge on any atom is 0.182 e. The number of fused-ring (bicyclic) bond motifs is 1. The Morgan fingerprint density at radius 3 is 2.58 bits per heavy atom. The Morgan fingerprint density at radius 2 is 1.83 bits per heavy atom. The van der Waals surface area contributed by atoms with Gasteiger partial charge in [-0.3, -0.25) is 4.99 Å². The first-order valence-corrected chi connectivity index (χ1v) is 9.41. The summed E-state index contributed by atoms with van der Waals surface area (Å²) in [5.74, 6) is 0. The van der Waals surface area contributed by atoms with E-state index < -0.39 is 5.72 Å². The van der Waals surface area contributed by atoms with E-state index in [1.54, 1.807) is 11.8 Å². The SMILES string of the molecule is Cc1ccc(C2(O)C(c3ccccc3)SC3=NCCCCN32)cc1. The fourth-order valence-corrected chi connectivity index (χ4v) is 4.97. The van der Waals surface area contributed by atoms with Crippen LogP contribution in [0.4, 0.5) is 0 Å². The molecule has 0 amide bonds. The van der Waals surface area contributed by atoms with Crippen LogP contribution in [0.3, 0.4) is 0 Å². The number of rotatable bonds is 2. The van der Waals surface area contributed by atoms with Gasteiger partial charge < -0.3 is 10.0 Å². The summed E-state index contributed by atoms with van der Waals surface area (Å²) in [6.07, 6.45) is 2.14. The summed E-state index contributed by atoms with van der Waals surface area (Å²) in [4.78, 5) is 6.86. The van der Waals surface area contributed by atoms with Crippen molar-refractivity contribution in [2.45, 2.75) is 30.7 Å². The Labute approximate surface area is 147 Å². The highest BCUT2D eigenvalue weighted by atomic mass is 32.2. The standard InChI is InChI=1S/C20H22N2OS/c1-15-9-11-17(12-10-15)20(23)18(16-7-3-2-4-8-16)24-19-21-13-5-6-14-22(19)20/h2-4,7-12,18,23H,5-6,13-14H2,1H3. The summed E-state index contributed by atoms with van der Waals surface area (Å²) in [5, 5.41) is 12.8. The molecule has 2 aromatic carbocycles. The van der Waals surface area contributed by atoms with E-state index in [9.17, 15) is 5.11 Å². The number of aliphatic imine (C=N–C) groups is 1. The van der Waals surface area contributed by atoms with Crippen LogP contribution < -0.4 is 0 Å². The molecular formula is C20H22N2OS. The van der Waals surface area contributed by atoms with E-state index in [1.807, 2.05) is 18.2 Å². The molecule has 1 N–H and O–H groups in total. The second kappa shape index (κ2) is 6.26. The zero-order valence-corrected chi connectivity index (χ0v) is 14.7. The average Bonchev–Trinajstić information content (AvgIpc) is 2.77. The summed E-state index contributed by atoms with van der Waals surface area (Å²) in [6, 6.07) is 18.6. The molecule has 2 aliphatic heterocycles. The quantitative estimate of drug-likeness (QED) is 0.896. The monoisotopic (exact) mass is 338 g/mol. The first-order chi connectivity index (χ1) is 11.7. The van der Waals surface area contributed by atoms with Gasteiger partial charge in [0.05, 0.1) is 5.25 Å². The molecule has 2 aliphatic rings. The topological polar surface area (TPSA) is 35.8 Å². The molecule has 2 atom stereocenters. The number of nitrogens with zero attached hydrogens (tertiary/aromatic N) is 2. The fraction of sp³-hybridized carbons (Fsp3) is 0.350. The van der Waals surface area contributed by atoms with Gasteiger partial charge >= 0.3 is 0 Å². The average molecular weight is 338 g/mol. The third-order valence-electron chi connectivity index (χ3n) is 4.85. The largest absolute Gasteiger partial charge is 0.365 e. The molecule has 0 saturated carbocycles. The van der Waals surface area contributed by atoms with Crippen LogP contribution in [0.15, 0.2) is 59.6 Å². The minimum Gasteiger partial charge on any atom is -0.365 e. The van der Waals surface area contributed by atoms with Crippen LogP contribution in [-0.4, -0.2) is 28.3 Å². The van der Waals surface area contributed by atoms with Gasteiger partial charge in [-0.25, -0.2) is 0 Å². The van der Waals surface area contributed by atoms with Gasteiger partial charge in [-0.15, -0.1) is 0 Å². The molecule has 4 heteroatoms. The number of hydrogen-bond donors (Lipinski definition) is 1. The lowest BCUT2D eigenvalue weighted by molar-refractivity contribution is -0.0712. The molecule has 1 fully saturated rings. The van der Waals surface area contributed by atoms with Gasteiger partial charge in [0.2, 0.25) is 0 Å². The van der Waals surface area contributed by atoms with Crippen molar-refractivity contribution in [2.24, 2.45) is 4.99 Å². The zero-order chi connectivity index (χ0) is 16.6. The first-order valence-electron chi connectivity index (χ1n) is 8.53. The molecule has 4 rings (SSSR count). The summed E-state index contributed by atoms with van der Waals surface area (Å²) in [6.45, 7) is 3.77. The molecule has 0 spiro atoms. The Balaban J connectivity index is 1.85. The van der Waals surface area contributed by atoms with Crippen molar-refractivity contribution in [1.82, 2.24) is 4.90 Å². The third-order valence-corrected chi connectivity index (χ3v) is 6.24. The van der Waals surface area contributed by atoms with Crippen molar-refractivity contribution in [3.8, 4) is 0 Å². The van der Waals surface area contributed by atoms with Crippen molar-refractivity contribution in [3.63, 3.8) is 0 Å². The van der Waals surface area contributed by atoms with Gasteiger partial charge in [0.1, 0.15) is 0 Å². The van der Waals surface area contributed by atoms with Gasteiger partial charge in [0.25, 0.3) is 0 Å². The molecule has 0 aromatic heterocycles. The lowest BCUT2D eigenvalue weighted by atomic mass is 9.92. The summed E-state index contributed by atoms with van der Waals surface area (Å²) < 4.78 is 0. The minimum atomic E-state index is -1.05. The molecule has 124 valence electrons. The maximum atomic E-state index is 11.9. The van der Waals surface area contributed by atoms with E-state index in [1.165, 1.54) is 5.56 Å². The molecule has 2 heterocycles. The summed E-state index contributed by atoms with van der Waals surface area (Å²) >= 11 is 1.69. The third kappa shape index (κ3) is 2.54. The van der Waals surface area contributed by atoms with Crippen molar-refractivity contribution < 1.29 is 5.11 Å². The normalized spacial score (nSPS) is 26.7. The molecule has 3 nitrogen and oxygen atoms in total. The Bertz CT molecular complexity index is 744. The van der Waals surface area contributed by atoms with Crippen LogP contribution in [0.1, 0.15) is 34.8 Å². The van der Waals surface area contributed by atoms with Crippen molar-refractivity contribution in [3.05, 3.63) is 71.3 Å². The van der Waals surface area contributed by atoms with Crippen molar-refractivity contribution in [2.75, 3.05) is 13.1 Å². The smallest absolute Gasteiger partial charge is 0.182 e. The van der Waals surface area contributed by atoms with Gasteiger partial charge in [-0.1, -0.05) is 71.9 Å². The number of benzene rings is 2. The Kier molecular flexibility index (Phi) is 4.10. The molecule has 1 saturated heterocycles. The number of hydrogen-bond acceptors (Lipinski definition) is 4. The Morgan fingerprint density at radius 1 is 1.08 bits per heavy atom. The molecular weight excluding hydrogens is 316 g/mol. The molecule has 0 bridgehead atoms. The molecule has 2 unspecified atom stereocenters. The van der Waals surface area contributed by atoms with E-state index in [-0.39, 0.29) is 5.25 Å². The highest BCUT2D eigenvalue weighted by molar-refractivity contribution is 8.14. The first kappa shape index (κ1) is 15.7. The van der Waals surface area contributed by atoms with Crippen LogP contribution in [0.25, 0.3) is 0 Å². The minimum absolute atomic E-state index is 0.0711. The van der Waals surface area contributed by atoms with Gasteiger partial charge in [0.15, 0.2) is 10.9 Å².